The van der Waals surface area contributed by atoms with Crippen LogP contribution in [0.25, 0.3) is 0 Å². The van der Waals surface area contributed by atoms with Gasteiger partial charge in [0.25, 0.3) is 0 Å². The number of hydrogen-bond donors (Lipinski definition) is 1. The highest BCUT2D eigenvalue weighted by molar-refractivity contribution is 7.99. The summed E-state index contributed by atoms with van der Waals surface area (Å²) in [6, 6.07) is 0. The van der Waals surface area contributed by atoms with Gasteiger partial charge < -0.3 is 5.11 Å². The average Bonchev–Trinajstić information content (AvgIpc) is 2.84. The Morgan fingerprint density at radius 1 is 1.43 bits per heavy atom. The molecule has 1 fully saturated rings. The average molecular weight is 216 g/mol. The Balaban J connectivity index is 2.03. The predicted molar refractivity (Wildman–Crippen MR) is 60.8 cm³/mol. The van der Waals surface area contributed by atoms with Crippen LogP contribution in [0.5, 0.6) is 0 Å². The molecule has 14 heavy (non-hydrogen) atoms. The smallest absolute Gasteiger partial charge is 0.303 e. The fourth-order valence-electron chi connectivity index (χ4n) is 1.61. The monoisotopic (exact) mass is 216 g/mol. The fraction of sp³-hybridized carbons (Fsp3) is 0.909. The van der Waals surface area contributed by atoms with Gasteiger partial charge in [-0.25, -0.2) is 0 Å². The van der Waals surface area contributed by atoms with Gasteiger partial charge in [0, 0.05) is 0 Å². The number of unbranched alkanes of at least 4 members (excludes halogenated alkanes) is 2. The number of carbonyl (C=O) groups is 1. The lowest BCUT2D eigenvalue weighted by Crippen LogP contribution is -2.11. The minimum Gasteiger partial charge on any atom is -0.481 e. The highest BCUT2D eigenvalue weighted by Crippen LogP contribution is 2.51. The van der Waals surface area contributed by atoms with Gasteiger partial charge in [0.2, 0.25) is 0 Å². The molecule has 0 aliphatic heterocycles. The van der Waals surface area contributed by atoms with E-state index < -0.39 is 5.97 Å². The summed E-state index contributed by atoms with van der Waals surface area (Å²) in [4.78, 5) is 10.6. The van der Waals surface area contributed by atoms with Crippen LogP contribution >= 0.6 is 11.8 Å². The third kappa shape index (κ3) is 4.36. The molecule has 1 aliphatic carbocycles. The van der Waals surface area contributed by atoms with Crippen LogP contribution in [0.4, 0.5) is 0 Å². The molecular weight excluding hydrogens is 196 g/mol. The molecule has 0 saturated heterocycles. The molecule has 0 heterocycles. The van der Waals surface area contributed by atoms with E-state index in [9.17, 15) is 4.79 Å². The Kier molecular flexibility index (Phi) is 4.79. The van der Waals surface area contributed by atoms with Gasteiger partial charge in [0.05, 0.1) is 6.42 Å². The molecule has 0 unspecified atom stereocenters. The summed E-state index contributed by atoms with van der Waals surface area (Å²) in [6.07, 6.45) is 6.48. The zero-order valence-corrected chi connectivity index (χ0v) is 9.74. The predicted octanol–water partition coefficient (Wildman–Crippen LogP) is 3.16. The van der Waals surface area contributed by atoms with Crippen LogP contribution in [-0.2, 0) is 4.79 Å². The van der Waals surface area contributed by atoms with Crippen molar-refractivity contribution >= 4 is 17.7 Å². The van der Waals surface area contributed by atoms with Crippen molar-refractivity contribution in [3.8, 4) is 0 Å². The summed E-state index contributed by atoms with van der Waals surface area (Å²) >= 11 is 1.94. The molecule has 0 aromatic heterocycles. The van der Waals surface area contributed by atoms with Crippen molar-refractivity contribution in [3.63, 3.8) is 0 Å². The van der Waals surface area contributed by atoms with Gasteiger partial charge in [-0.05, 0) is 36.2 Å². The highest BCUT2D eigenvalue weighted by Gasteiger charge is 2.43. The molecule has 0 spiro atoms. The molecule has 2 nitrogen and oxygen atoms in total. The summed E-state index contributed by atoms with van der Waals surface area (Å²) in [7, 11) is 0. The van der Waals surface area contributed by atoms with Crippen LogP contribution < -0.4 is 0 Å². The minimum absolute atomic E-state index is 0.183. The van der Waals surface area contributed by atoms with Gasteiger partial charge in [-0.1, -0.05) is 19.8 Å². The molecule has 0 radical (unpaired) electrons. The Morgan fingerprint density at radius 3 is 2.64 bits per heavy atom. The van der Waals surface area contributed by atoms with E-state index >= 15 is 0 Å². The lowest BCUT2D eigenvalue weighted by molar-refractivity contribution is -0.138. The number of aliphatic carboxylic acids is 1. The van der Waals surface area contributed by atoms with Crippen LogP contribution in [0.2, 0.25) is 0 Å². The quantitative estimate of drug-likeness (QED) is 0.633. The first-order valence-electron chi connectivity index (χ1n) is 5.48. The lowest BCUT2D eigenvalue weighted by Gasteiger charge is -2.11. The van der Waals surface area contributed by atoms with E-state index in [4.69, 9.17) is 5.11 Å². The Labute approximate surface area is 90.5 Å². The topological polar surface area (TPSA) is 37.3 Å². The SMILES string of the molecule is CCCCCSCC1(CC(=O)O)CC1. The van der Waals surface area contributed by atoms with E-state index in [1.54, 1.807) is 0 Å². The molecule has 1 rings (SSSR count). The maximum absolute atomic E-state index is 10.6. The Morgan fingerprint density at radius 2 is 2.14 bits per heavy atom. The molecule has 0 amide bonds. The Hall–Kier alpha value is -0.180. The molecule has 3 heteroatoms. The molecule has 1 saturated carbocycles. The second kappa shape index (κ2) is 5.64. The number of carboxylic acids is 1. The number of carboxylic acid groups (broad SMARTS) is 1. The maximum Gasteiger partial charge on any atom is 0.303 e. The molecule has 82 valence electrons. The summed E-state index contributed by atoms with van der Waals surface area (Å²) in [5.74, 6) is 1.63. The summed E-state index contributed by atoms with van der Waals surface area (Å²) < 4.78 is 0. The number of thioether (sulfide) groups is 1. The van der Waals surface area contributed by atoms with Gasteiger partial charge in [0.1, 0.15) is 0 Å². The van der Waals surface area contributed by atoms with Crippen molar-refractivity contribution < 1.29 is 9.90 Å². The van der Waals surface area contributed by atoms with Crippen molar-refractivity contribution in [3.05, 3.63) is 0 Å². The van der Waals surface area contributed by atoms with E-state index in [2.05, 4.69) is 6.92 Å². The minimum atomic E-state index is -0.628. The molecule has 0 aromatic rings. The molecule has 0 aromatic carbocycles. The van der Waals surface area contributed by atoms with E-state index in [0.717, 1.165) is 18.6 Å². The van der Waals surface area contributed by atoms with Crippen molar-refractivity contribution in [2.75, 3.05) is 11.5 Å². The second-order valence-electron chi connectivity index (χ2n) is 4.33. The molecule has 1 aliphatic rings. The maximum atomic E-state index is 10.6. The van der Waals surface area contributed by atoms with Crippen LogP contribution in [0.3, 0.4) is 0 Å². The van der Waals surface area contributed by atoms with E-state index in [1.165, 1.54) is 25.0 Å². The van der Waals surface area contributed by atoms with Gasteiger partial charge in [0.15, 0.2) is 0 Å². The van der Waals surface area contributed by atoms with Crippen LogP contribution in [0.1, 0.15) is 45.4 Å². The molecule has 1 N–H and O–H groups in total. The first-order chi connectivity index (χ1) is 6.68. The standard InChI is InChI=1S/C11H20O2S/c1-2-3-4-7-14-9-11(5-6-11)8-10(12)13/h2-9H2,1H3,(H,12,13). The Bertz CT molecular complexity index is 188. The summed E-state index contributed by atoms with van der Waals surface area (Å²) in [5.41, 5.74) is 0.183. The first-order valence-corrected chi connectivity index (χ1v) is 6.63. The lowest BCUT2D eigenvalue weighted by atomic mass is 10.1. The zero-order chi connectivity index (χ0) is 10.4. The molecular formula is C11H20O2S. The van der Waals surface area contributed by atoms with Gasteiger partial charge in [-0.3, -0.25) is 4.79 Å². The van der Waals surface area contributed by atoms with Crippen LogP contribution in [0, 0.1) is 5.41 Å². The third-order valence-corrected chi connectivity index (χ3v) is 4.18. The van der Waals surface area contributed by atoms with Gasteiger partial charge >= 0.3 is 5.97 Å². The van der Waals surface area contributed by atoms with Crippen molar-refractivity contribution in [2.45, 2.75) is 45.4 Å². The van der Waals surface area contributed by atoms with Crippen LogP contribution in [0.15, 0.2) is 0 Å². The molecule has 0 bridgehead atoms. The van der Waals surface area contributed by atoms with E-state index in [0.29, 0.717) is 6.42 Å². The normalized spacial score (nSPS) is 18.1. The summed E-state index contributed by atoms with van der Waals surface area (Å²) in [6.45, 7) is 2.21. The van der Waals surface area contributed by atoms with Crippen molar-refractivity contribution in [1.82, 2.24) is 0 Å². The zero-order valence-electron chi connectivity index (χ0n) is 8.92. The highest BCUT2D eigenvalue weighted by atomic mass is 32.2. The second-order valence-corrected chi connectivity index (χ2v) is 5.44. The third-order valence-electron chi connectivity index (χ3n) is 2.78. The van der Waals surface area contributed by atoms with Gasteiger partial charge in [-0.15, -0.1) is 0 Å². The van der Waals surface area contributed by atoms with E-state index in [-0.39, 0.29) is 5.41 Å². The van der Waals surface area contributed by atoms with E-state index in [1.807, 2.05) is 11.8 Å². The van der Waals surface area contributed by atoms with Crippen LogP contribution in [-0.4, -0.2) is 22.6 Å². The summed E-state index contributed by atoms with van der Waals surface area (Å²) in [5, 5.41) is 8.72. The largest absolute Gasteiger partial charge is 0.481 e. The fourth-order valence-corrected chi connectivity index (χ4v) is 2.99. The van der Waals surface area contributed by atoms with Gasteiger partial charge in [-0.2, -0.15) is 11.8 Å². The van der Waals surface area contributed by atoms with Crippen molar-refractivity contribution in [1.29, 1.82) is 0 Å². The first kappa shape index (κ1) is 11.9. The number of rotatable bonds is 8. The molecule has 0 atom stereocenters. The number of hydrogen-bond acceptors (Lipinski definition) is 2. The van der Waals surface area contributed by atoms with Crippen molar-refractivity contribution in [2.24, 2.45) is 5.41 Å².